The van der Waals surface area contributed by atoms with Crippen LogP contribution >= 0.6 is 0 Å². The molecule has 2 aromatic carbocycles. The number of benzene rings is 2. The molecule has 2 saturated heterocycles. The van der Waals surface area contributed by atoms with Gasteiger partial charge in [-0.15, -0.1) is 0 Å². The van der Waals surface area contributed by atoms with Crippen molar-refractivity contribution in [2.75, 3.05) is 39.4 Å². The standard InChI is InChI=1S/C25H36N4O2Si.C25H34N4O2Si/c2*1-32(2,3)15-14-31-19-29-13-11-22-23(26-18-27-25(22)29)24(30)21-10-7-12-28(17-21)16-20-8-5-4-6-9-20/h4-6,8-9,11,13,18,21,24,30H,7,10,12,14-17,19H2,1-3H3;4-6,8-9,11,13,18,21H,7,10,12,14-17,19H2,1-3H3. The summed E-state index contributed by atoms with van der Waals surface area (Å²) < 4.78 is 15.8. The maximum absolute atomic E-state index is 13.4. The van der Waals surface area contributed by atoms with Crippen molar-refractivity contribution in [1.82, 2.24) is 38.9 Å². The second kappa shape index (κ2) is 22.2. The van der Waals surface area contributed by atoms with E-state index in [0.717, 1.165) is 118 Å². The number of aromatic nitrogens is 6. The summed E-state index contributed by atoms with van der Waals surface area (Å²) in [5.74, 6) is 0.274. The van der Waals surface area contributed by atoms with Crippen molar-refractivity contribution in [3.8, 4) is 0 Å². The number of aliphatic hydroxyl groups is 1. The van der Waals surface area contributed by atoms with Crippen molar-refractivity contribution in [2.45, 2.75) is 110 Å². The van der Waals surface area contributed by atoms with E-state index in [2.05, 4.69) is 124 Å². The van der Waals surface area contributed by atoms with Crippen LogP contribution in [0, 0.1) is 11.8 Å². The first kappa shape index (κ1) is 47.5. The summed E-state index contributed by atoms with van der Waals surface area (Å²) in [5, 5.41) is 13.0. The van der Waals surface area contributed by atoms with Gasteiger partial charge in [0.1, 0.15) is 49.2 Å². The van der Waals surface area contributed by atoms with Crippen LogP contribution in [-0.2, 0) is 36.0 Å². The predicted molar refractivity (Wildman–Crippen MR) is 261 cm³/mol. The van der Waals surface area contributed by atoms with Crippen LogP contribution in [0.1, 0.15) is 59.1 Å². The highest BCUT2D eigenvalue weighted by atomic mass is 28.3. The molecule has 2 aliphatic heterocycles. The molecule has 8 rings (SSSR count). The third-order valence-corrected chi connectivity index (χ3v) is 15.9. The molecular formula is C50H70N8O4Si2. The van der Waals surface area contributed by atoms with Gasteiger partial charge in [-0.05, 0) is 74.1 Å². The van der Waals surface area contributed by atoms with Crippen molar-refractivity contribution in [2.24, 2.45) is 11.8 Å². The third kappa shape index (κ3) is 13.3. The fourth-order valence-electron chi connectivity index (χ4n) is 8.76. The van der Waals surface area contributed by atoms with E-state index in [-0.39, 0.29) is 17.6 Å². The van der Waals surface area contributed by atoms with Gasteiger partial charge in [-0.2, -0.15) is 0 Å². The van der Waals surface area contributed by atoms with E-state index < -0.39 is 22.3 Å². The Morgan fingerprint density at radius 1 is 0.672 bits per heavy atom. The van der Waals surface area contributed by atoms with Crippen LogP contribution in [0.25, 0.3) is 22.1 Å². The van der Waals surface area contributed by atoms with E-state index in [1.807, 2.05) is 39.7 Å². The fourth-order valence-corrected chi connectivity index (χ4v) is 10.3. The molecule has 0 radical (unpaired) electrons. The summed E-state index contributed by atoms with van der Waals surface area (Å²) in [6.45, 7) is 22.1. The van der Waals surface area contributed by atoms with E-state index in [4.69, 9.17) is 9.47 Å². The van der Waals surface area contributed by atoms with Gasteiger partial charge in [0.05, 0.1) is 5.69 Å². The molecule has 0 aliphatic carbocycles. The quantitative estimate of drug-likeness (QED) is 0.0507. The van der Waals surface area contributed by atoms with E-state index in [1.54, 1.807) is 6.33 Å². The monoisotopic (exact) mass is 903 g/mol. The first-order chi connectivity index (χ1) is 30.8. The van der Waals surface area contributed by atoms with Crippen LogP contribution in [0.3, 0.4) is 0 Å². The molecule has 0 saturated carbocycles. The van der Waals surface area contributed by atoms with Gasteiger partial charge in [-0.1, -0.05) is 99.9 Å². The number of likely N-dealkylation sites (tertiary alicyclic amines) is 2. The van der Waals surface area contributed by atoms with Gasteiger partial charge in [0.15, 0.2) is 5.78 Å². The Kier molecular flexibility index (Phi) is 16.5. The number of piperidine rings is 2. The molecule has 6 heterocycles. The summed E-state index contributed by atoms with van der Waals surface area (Å²) in [6.07, 6.45) is 10.5. The molecule has 4 aromatic heterocycles. The number of Topliss-reactive ketones (excluding diaryl/α,β-unsaturated/α-hetero) is 1. The maximum Gasteiger partial charge on any atom is 0.186 e. The van der Waals surface area contributed by atoms with Gasteiger partial charge in [0.25, 0.3) is 0 Å². The van der Waals surface area contributed by atoms with Crippen molar-refractivity contribution >= 4 is 44.0 Å². The second-order valence-corrected chi connectivity index (χ2v) is 31.5. The molecule has 2 fully saturated rings. The van der Waals surface area contributed by atoms with Crippen LogP contribution in [0.15, 0.2) is 97.8 Å². The molecule has 3 unspecified atom stereocenters. The maximum atomic E-state index is 13.4. The number of hydrogen-bond acceptors (Lipinski definition) is 10. The number of nitrogens with zero attached hydrogens (tertiary/aromatic N) is 8. The molecule has 6 aromatic rings. The minimum absolute atomic E-state index is 0.0260. The van der Waals surface area contributed by atoms with Crippen LogP contribution in [-0.4, -0.2) is 105 Å². The molecule has 64 heavy (non-hydrogen) atoms. The highest BCUT2D eigenvalue weighted by Gasteiger charge is 2.31. The molecule has 0 bridgehead atoms. The Morgan fingerprint density at radius 3 is 1.77 bits per heavy atom. The number of hydrogen-bond donors (Lipinski definition) is 1. The van der Waals surface area contributed by atoms with Crippen LogP contribution < -0.4 is 0 Å². The molecule has 2 aliphatic rings. The number of rotatable bonds is 18. The molecule has 12 nitrogen and oxygen atoms in total. The first-order valence-electron chi connectivity index (χ1n) is 23.3. The average molecular weight is 903 g/mol. The number of ether oxygens (including phenoxy) is 2. The van der Waals surface area contributed by atoms with Gasteiger partial charge in [0.2, 0.25) is 0 Å². The van der Waals surface area contributed by atoms with Crippen molar-refractivity contribution in [3.63, 3.8) is 0 Å². The number of carbonyl (C=O) groups excluding carboxylic acids is 1. The largest absolute Gasteiger partial charge is 0.386 e. The number of ketones is 1. The summed E-state index contributed by atoms with van der Waals surface area (Å²) in [6, 6.07) is 27.3. The zero-order valence-corrected chi connectivity index (χ0v) is 41.0. The van der Waals surface area contributed by atoms with Crippen molar-refractivity contribution in [1.29, 1.82) is 0 Å². The minimum atomic E-state index is -1.12. The summed E-state index contributed by atoms with van der Waals surface area (Å²) in [5.41, 5.74) is 5.49. The van der Waals surface area contributed by atoms with E-state index in [1.165, 1.54) is 17.5 Å². The average Bonchev–Trinajstić information content (AvgIpc) is 3.91. The topological polar surface area (TPSA) is 124 Å². The zero-order valence-electron chi connectivity index (χ0n) is 39.0. The van der Waals surface area contributed by atoms with Crippen LogP contribution in [0.5, 0.6) is 0 Å². The summed E-state index contributed by atoms with van der Waals surface area (Å²) in [7, 11) is -2.22. The lowest BCUT2D eigenvalue weighted by molar-refractivity contribution is 0.0458. The number of fused-ring (bicyclic) bond motifs is 2. The normalized spacial score (nSPS) is 18.2. The van der Waals surface area contributed by atoms with E-state index >= 15 is 0 Å². The lowest BCUT2D eigenvalue weighted by Crippen LogP contribution is -2.38. The fraction of sp³-hybridized carbons (Fsp3) is 0.500. The van der Waals surface area contributed by atoms with E-state index in [0.29, 0.717) is 19.2 Å². The van der Waals surface area contributed by atoms with Gasteiger partial charge in [0, 0.05) is 90.5 Å². The van der Waals surface area contributed by atoms with E-state index in [9.17, 15) is 9.90 Å². The molecule has 0 spiro atoms. The summed E-state index contributed by atoms with van der Waals surface area (Å²) in [4.78, 5) is 36.1. The SMILES string of the molecule is C[Si](C)(C)CCOCn1ccc2c(C(=O)C3CCCN(Cc4ccccc4)C3)ncnc21.C[Si](C)(C)CCOCn1ccc2c(C(O)C3CCCN(Cc4ccccc4)C3)ncnc21. The van der Waals surface area contributed by atoms with Gasteiger partial charge >= 0.3 is 0 Å². The van der Waals surface area contributed by atoms with Crippen molar-refractivity contribution < 1.29 is 19.4 Å². The predicted octanol–water partition coefficient (Wildman–Crippen LogP) is 9.53. The second-order valence-electron chi connectivity index (χ2n) is 20.2. The minimum Gasteiger partial charge on any atom is -0.386 e. The first-order valence-corrected chi connectivity index (χ1v) is 30.7. The Hall–Kier alpha value is -4.42. The molecule has 342 valence electrons. The molecule has 0 amide bonds. The lowest BCUT2D eigenvalue weighted by Gasteiger charge is -2.35. The Bertz CT molecular complexity index is 2380. The Morgan fingerprint density at radius 2 is 1.19 bits per heavy atom. The lowest BCUT2D eigenvalue weighted by atomic mass is 9.89. The highest BCUT2D eigenvalue weighted by Crippen LogP contribution is 2.33. The smallest absolute Gasteiger partial charge is 0.186 e. The third-order valence-electron chi connectivity index (χ3n) is 12.5. The summed E-state index contributed by atoms with van der Waals surface area (Å²) >= 11 is 0. The van der Waals surface area contributed by atoms with Crippen LogP contribution in [0.2, 0.25) is 51.4 Å². The molecule has 3 atom stereocenters. The zero-order chi connectivity index (χ0) is 45.1. The van der Waals surface area contributed by atoms with Gasteiger partial charge in [-0.3, -0.25) is 14.6 Å². The van der Waals surface area contributed by atoms with Gasteiger partial charge in [-0.25, -0.2) is 19.9 Å². The van der Waals surface area contributed by atoms with Crippen LogP contribution in [0.4, 0.5) is 0 Å². The molecule has 1 N–H and O–H groups in total. The Labute approximate surface area is 382 Å². The Balaban J connectivity index is 0.000000191. The molecular weight excluding hydrogens is 833 g/mol. The van der Waals surface area contributed by atoms with Gasteiger partial charge < -0.3 is 23.7 Å². The highest BCUT2D eigenvalue weighted by molar-refractivity contribution is 6.76. The number of aliphatic hydroxyl groups excluding tert-OH is 1. The molecule has 14 heteroatoms. The number of carbonyl (C=O) groups is 1. The van der Waals surface area contributed by atoms with Crippen molar-refractivity contribution in [3.05, 3.63) is 120 Å².